The van der Waals surface area contributed by atoms with Crippen molar-refractivity contribution >= 4 is 49.6 Å². The summed E-state index contributed by atoms with van der Waals surface area (Å²) in [7, 11) is 0. The van der Waals surface area contributed by atoms with Gasteiger partial charge in [-0.3, -0.25) is 0 Å². The fourth-order valence-electron chi connectivity index (χ4n) is 3.74. The standard InChI is InChI=1S/C24H19Br2ClNO3/c25-21-11-15(13-27)12-22(26)23(21)30-10-9-28-24(29)31-14-20-18-7-3-1-5-16(18)17-6-2-4-8-19(17)20/h1-8,11-13,20H,9-10,14H2,(H,28,29). The van der Waals surface area contributed by atoms with Crippen LogP contribution in [0, 0.1) is 5.88 Å². The van der Waals surface area contributed by atoms with Crippen LogP contribution < -0.4 is 10.1 Å². The summed E-state index contributed by atoms with van der Waals surface area (Å²) < 4.78 is 12.8. The number of hydrogen-bond donors (Lipinski definition) is 1. The molecular weight excluding hydrogens is 546 g/mol. The molecule has 4 rings (SSSR count). The maximum Gasteiger partial charge on any atom is 0.407 e. The molecule has 0 saturated heterocycles. The van der Waals surface area contributed by atoms with Crippen LogP contribution >= 0.6 is 43.5 Å². The Balaban J connectivity index is 1.29. The first-order chi connectivity index (χ1) is 15.1. The smallest absolute Gasteiger partial charge is 0.407 e. The van der Waals surface area contributed by atoms with E-state index in [0.29, 0.717) is 18.9 Å². The van der Waals surface area contributed by atoms with Crippen LogP contribution in [0.3, 0.4) is 0 Å². The Bertz CT molecular complexity index is 1040. The highest BCUT2D eigenvalue weighted by Crippen LogP contribution is 2.44. The van der Waals surface area contributed by atoms with Crippen LogP contribution in [0.25, 0.3) is 11.1 Å². The molecule has 1 aliphatic carbocycles. The van der Waals surface area contributed by atoms with Crippen molar-refractivity contribution in [2.24, 2.45) is 0 Å². The summed E-state index contributed by atoms with van der Waals surface area (Å²) in [6.07, 6.45) is -0.462. The van der Waals surface area contributed by atoms with Crippen LogP contribution in [0.2, 0.25) is 0 Å². The number of fused-ring (bicyclic) bond motifs is 3. The third-order valence-electron chi connectivity index (χ3n) is 5.11. The third kappa shape index (κ3) is 4.92. The molecule has 3 aromatic carbocycles. The highest BCUT2D eigenvalue weighted by molar-refractivity contribution is 9.11. The molecule has 1 amide bonds. The lowest BCUT2D eigenvalue weighted by atomic mass is 9.98. The quantitative estimate of drug-likeness (QED) is 0.319. The molecule has 0 saturated carbocycles. The van der Waals surface area contributed by atoms with Gasteiger partial charge < -0.3 is 14.8 Å². The summed E-state index contributed by atoms with van der Waals surface area (Å²) in [4.78, 5) is 12.2. The largest absolute Gasteiger partial charge is 0.489 e. The Labute approximate surface area is 203 Å². The highest BCUT2D eigenvalue weighted by atomic mass is 79.9. The van der Waals surface area contributed by atoms with Crippen molar-refractivity contribution in [3.63, 3.8) is 0 Å². The predicted octanol–water partition coefficient (Wildman–Crippen LogP) is 6.88. The van der Waals surface area contributed by atoms with E-state index >= 15 is 0 Å². The summed E-state index contributed by atoms with van der Waals surface area (Å²) in [5.41, 5.74) is 5.63. The third-order valence-corrected chi connectivity index (χ3v) is 6.54. The molecule has 0 heterocycles. The van der Waals surface area contributed by atoms with E-state index in [-0.39, 0.29) is 12.5 Å². The van der Waals surface area contributed by atoms with Crippen molar-refractivity contribution in [3.8, 4) is 16.9 Å². The van der Waals surface area contributed by atoms with E-state index in [1.165, 1.54) is 28.1 Å². The summed E-state index contributed by atoms with van der Waals surface area (Å²) in [5, 5.41) is 2.74. The second kappa shape index (κ2) is 10.1. The first kappa shape index (κ1) is 22.2. The number of rotatable bonds is 7. The van der Waals surface area contributed by atoms with Crippen LogP contribution in [-0.4, -0.2) is 25.9 Å². The van der Waals surface area contributed by atoms with E-state index in [4.69, 9.17) is 21.1 Å². The zero-order valence-corrected chi connectivity index (χ0v) is 20.3. The van der Waals surface area contributed by atoms with E-state index in [9.17, 15) is 4.79 Å². The topological polar surface area (TPSA) is 47.6 Å². The van der Waals surface area contributed by atoms with Crippen molar-refractivity contribution in [1.29, 1.82) is 0 Å². The summed E-state index contributed by atoms with van der Waals surface area (Å²) in [5.74, 6) is 2.17. The molecule has 7 heteroatoms. The Morgan fingerprint density at radius 2 is 1.58 bits per heavy atom. The van der Waals surface area contributed by atoms with Gasteiger partial charge in [-0.2, -0.15) is 0 Å². The van der Waals surface area contributed by atoms with Gasteiger partial charge in [0.15, 0.2) is 0 Å². The predicted molar refractivity (Wildman–Crippen MR) is 130 cm³/mol. The van der Waals surface area contributed by atoms with Crippen molar-refractivity contribution in [1.82, 2.24) is 5.32 Å². The second-order valence-electron chi connectivity index (χ2n) is 7.02. The SMILES string of the molecule is O=C(NCCOc1c(Br)cc([CH]Cl)cc1Br)OCC1c2ccccc2-c2ccccc21. The number of carbonyl (C=O) groups is 1. The van der Waals surface area contributed by atoms with E-state index in [1.807, 2.05) is 36.4 Å². The normalized spacial score (nSPS) is 12.2. The van der Waals surface area contributed by atoms with E-state index < -0.39 is 6.09 Å². The van der Waals surface area contributed by atoms with Crippen molar-refractivity contribution in [2.45, 2.75) is 5.92 Å². The molecule has 0 atom stereocenters. The minimum Gasteiger partial charge on any atom is -0.489 e. The number of carbonyl (C=O) groups excluding carboxylic acids is 1. The first-order valence-electron chi connectivity index (χ1n) is 9.72. The van der Waals surface area contributed by atoms with E-state index in [0.717, 1.165) is 14.5 Å². The number of alkyl carbamates (subject to hydrolysis) is 1. The molecule has 0 fully saturated rings. The minimum absolute atomic E-state index is 0.0403. The van der Waals surface area contributed by atoms with Gasteiger partial charge in [-0.05, 0) is 71.8 Å². The fourth-order valence-corrected chi connectivity index (χ4v) is 5.31. The van der Waals surface area contributed by atoms with Gasteiger partial charge in [0.2, 0.25) is 0 Å². The van der Waals surface area contributed by atoms with E-state index in [1.54, 1.807) is 0 Å². The molecule has 0 aromatic heterocycles. The molecule has 0 bridgehead atoms. The zero-order valence-electron chi connectivity index (χ0n) is 16.4. The lowest BCUT2D eigenvalue weighted by molar-refractivity contribution is 0.141. The molecule has 0 aliphatic heterocycles. The first-order valence-corrected chi connectivity index (χ1v) is 11.7. The fraction of sp³-hybridized carbons (Fsp3) is 0.167. The van der Waals surface area contributed by atoms with Gasteiger partial charge >= 0.3 is 6.09 Å². The van der Waals surface area contributed by atoms with Crippen molar-refractivity contribution in [3.05, 3.63) is 92.2 Å². The Kier molecular flexibility index (Phi) is 7.20. The Morgan fingerprint density at radius 1 is 1.00 bits per heavy atom. The van der Waals surface area contributed by atoms with Crippen LogP contribution in [0.1, 0.15) is 22.6 Å². The Morgan fingerprint density at radius 3 is 2.16 bits per heavy atom. The van der Waals surface area contributed by atoms with Crippen LogP contribution in [-0.2, 0) is 4.74 Å². The number of amides is 1. The molecule has 1 N–H and O–H groups in total. The van der Waals surface area contributed by atoms with Crippen LogP contribution in [0.5, 0.6) is 5.75 Å². The second-order valence-corrected chi connectivity index (χ2v) is 8.95. The van der Waals surface area contributed by atoms with Crippen molar-refractivity contribution < 1.29 is 14.3 Å². The lowest BCUT2D eigenvalue weighted by Gasteiger charge is -2.15. The van der Waals surface area contributed by atoms with Gasteiger partial charge in [-0.15, -0.1) is 11.6 Å². The van der Waals surface area contributed by atoms with Gasteiger partial charge in [0, 0.05) is 5.92 Å². The minimum atomic E-state index is -0.462. The average Bonchev–Trinajstić information content (AvgIpc) is 3.10. The zero-order chi connectivity index (χ0) is 21.8. The lowest BCUT2D eigenvalue weighted by Crippen LogP contribution is -2.30. The maximum absolute atomic E-state index is 12.2. The average molecular weight is 565 g/mol. The van der Waals surface area contributed by atoms with Gasteiger partial charge in [0.05, 0.1) is 21.4 Å². The molecule has 1 radical (unpaired) electrons. The number of halogens is 3. The summed E-state index contributed by atoms with van der Waals surface area (Å²) in [6.45, 7) is 0.901. The molecule has 0 spiro atoms. The van der Waals surface area contributed by atoms with Gasteiger partial charge in [-0.1, -0.05) is 48.5 Å². The summed E-state index contributed by atoms with van der Waals surface area (Å²) >= 11 is 12.7. The van der Waals surface area contributed by atoms with Gasteiger partial charge in [0.1, 0.15) is 19.0 Å². The molecule has 31 heavy (non-hydrogen) atoms. The number of ether oxygens (including phenoxy) is 2. The molecule has 4 nitrogen and oxygen atoms in total. The molecule has 1 aliphatic rings. The van der Waals surface area contributed by atoms with Crippen molar-refractivity contribution in [2.75, 3.05) is 19.8 Å². The van der Waals surface area contributed by atoms with Crippen LogP contribution in [0.15, 0.2) is 69.6 Å². The molecule has 159 valence electrons. The Hall–Kier alpha value is -2.02. The number of nitrogens with one attached hydrogen (secondary N) is 1. The summed E-state index contributed by atoms with van der Waals surface area (Å²) in [6, 6.07) is 20.2. The number of hydrogen-bond acceptors (Lipinski definition) is 3. The monoisotopic (exact) mass is 562 g/mol. The molecule has 0 unspecified atom stereocenters. The molecular formula is C24H19Br2ClNO3. The van der Waals surface area contributed by atoms with Crippen LogP contribution in [0.4, 0.5) is 4.79 Å². The van der Waals surface area contributed by atoms with Gasteiger partial charge in [-0.25, -0.2) is 4.79 Å². The van der Waals surface area contributed by atoms with Gasteiger partial charge in [0.25, 0.3) is 0 Å². The highest BCUT2D eigenvalue weighted by Gasteiger charge is 2.28. The molecule has 3 aromatic rings. The number of benzene rings is 3. The maximum atomic E-state index is 12.2. The van der Waals surface area contributed by atoms with E-state index in [2.05, 4.69) is 61.4 Å².